The predicted octanol–water partition coefficient (Wildman–Crippen LogP) is 2.40. The van der Waals surface area contributed by atoms with E-state index in [1.165, 1.54) is 19.3 Å². The summed E-state index contributed by atoms with van der Waals surface area (Å²) in [6, 6.07) is 0.0539. The number of hydrogen-bond acceptors (Lipinski definition) is 4. The molecule has 160 valence electrons. The number of hydrogen-bond donors (Lipinski definition) is 2. The van der Waals surface area contributed by atoms with Crippen LogP contribution in [0.15, 0.2) is 12.4 Å². The van der Waals surface area contributed by atoms with Crippen molar-refractivity contribution in [3.05, 3.63) is 18.2 Å². The largest absolute Gasteiger partial charge is 0.341 e. The number of nitrogens with zero attached hydrogens (tertiary/aromatic N) is 3. The van der Waals surface area contributed by atoms with Crippen LogP contribution in [-0.2, 0) is 11.3 Å². The molecule has 28 heavy (non-hydrogen) atoms. The van der Waals surface area contributed by atoms with E-state index in [1.807, 2.05) is 6.20 Å². The Morgan fingerprint density at radius 2 is 1.96 bits per heavy atom. The van der Waals surface area contributed by atoms with E-state index in [2.05, 4.69) is 38.2 Å². The Kier molecular flexibility index (Phi) is 8.61. The molecule has 1 unspecified atom stereocenters. The minimum absolute atomic E-state index is 0. The zero-order valence-corrected chi connectivity index (χ0v) is 18.5. The number of carbonyl (C=O) groups excluding carboxylic acids is 1. The monoisotopic (exact) mass is 431 g/mol. The number of carbonyl (C=O) groups is 1. The second kappa shape index (κ2) is 10.3. The summed E-state index contributed by atoms with van der Waals surface area (Å²) in [5.74, 6) is 2.18. The molecule has 2 N–H and O–H groups in total. The van der Waals surface area contributed by atoms with Gasteiger partial charge in [0, 0.05) is 38.6 Å². The maximum Gasteiger partial charge on any atom is 0.239 e. The molecule has 0 saturated carbocycles. The van der Waals surface area contributed by atoms with E-state index in [9.17, 15) is 4.79 Å². The van der Waals surface area contributed by atoms with Crippen LogP contribution in [0.5, 0.6) is 0 Å². The molecule has 1 amide bonds. The molecule has 3 fully saturated rings. The summed E-state index contributed by atoms with van der Waals surface area (Å²) >= 11 is 0. The number of aromatic nitrogens is 2. The lowest BCUT2D eigenvalue weighted by molar-refractivity contribution is -0.134. The average Bonchev–Trinajstić information content (AvgIpc) is 3.27. The molecule has 0 aromatic carbocycles. The first-order chi connectivity index (χ1) is 12.7. The highest BCUT2D eigenvalue weighted by molar-refractivity contribution is 5.85. The third-order valence-corrected chi connectivity index (χ3v) is 6.95. The van der Waals surface area contributed by atoms with Crippen LogP contribution in [0, 0.1) is 18.3 Å². The Bertz CT molecular complexity index is 624. The van der Waals surface area contributed by atoms with Crippen molar-refractivity contribution in [3.8, 4) is 0 Å². The number of imidazole rings is 1. The van der Waals surface area contributed by atoms with Gasteiger partial charge in [0.05, 0.1) is 6.04 Å². The summed E-state index contributed by atoms with van der Waals surface area (Å²) in [6.07, 6.45) is 10.9. The Morgan fingerprint density at radius 1 is 1.25 bits per heavy atom. The van der Waals surface area contributed by atoms with Crippen molar-refractivity contribution in [2.45, 2.75) is 58.0 Å². The van der Waals surface area contributed by atoms with Crippen molar-refractivity contribution in [2.75, 3.05) is 32.7 Å². The molecule has 3 aliphatic rings. The molecule has 0 bridgehead atoms. The molecule has 1 atom stereocenters. The molecule has 0 aliphatic carbocycles. The van der Waals surface area contributed by atoms with Gasteiger partial charge in [-0.05, 0) is 69.9 Å². The Balaban J connectivity index is 0.00000140. The minimum Gasteiger partial charge on any atom is -0.341 e. The molecule has 3 saturated heterocycles. The standard InChI is InChI=1S/C20H33N5O.2ClH/c1-16-22-9-13-24(16)10-2-17-3-11-25(12-4-17)19(26)18-14-20(15-23-18)5-7-21-8-6-20;;/h9,13,17-18,21,23H,2-8,10-12,14-15H2,1H3;2*1H. The molecule has 6 nitrogen and oxygen atoms in total. The lowest BCUT2D eigenvalue weighted by atomic mass is 9.77. The minimum atomic E-state index is 0. The van der Waals surface area contributed by atoms with Crippen LogP contribution in [0.4, 0.5) is 0 Å². The second-order valence-corrected chi connectivity index (χ2v) is 8.61. The lowest BCUT2D eigenvalue weighted by Gasteiger charge is -2.35. The van der Waals surface area contributed by atoms with Crippen LogP contribution in [0.1, 0.15) is 44.3 Å². The van der Waals surface area contributed by atoms with Gasteiger partial charge in [-0.3, -0.25) is 4.79 Å². The van der Waals surface area contributed by atoms with Crippen molar-refractivity contribution in [3.63, 3.8) is 0 Å². The zero-order chi connectivity index (χ0) is 18.0. The molecular formula is C20H35Cl2N5O. The van der Waals surface area contributed by atoms with Crippen LogP contribution < -0.4 is 10.6 Å². The quantitative estimate of drug-likeness (QED) is 0.767. The fourth-order valence-corrected chi connectivity index (χ4v) is 5.05. The van der Waals surface area contributed by atoms with Gasteiger partial charge in [0.2, 0.25) is 5.91 Å². The zero-order valence-electron chi connectivity index (χ0n) is 16.9. The predicted molar refractivity (Wildman–Crippen MR) is 116 cm³/mol. The number of nitrogens with one attached hydrogen (secondary N) is 2. The topological polar surface area (TPSA) is 62.2 Å². The Morgan fingerprint density at radius 3 is 2.61 bits per heavy atom. The first-order valence-corrected chi connectivity index (χ1v) is 10.4. The van der Waals surface area contributed by atoms with Crippen LogP contribution in [0.2, 0.25) is 0 Å². The first kappa shape index (κ1) is 23.5. The summed E-state index contributed by atoms with van der Waals surface area (Å²) in [6.45, 7) is 8.19. The normalized spacial score (nSPS) is 24.6. The molecule has 4 rings (SSSR count). The average molecular weight is 432 g/mol. The molecule has 1 aromatic rings. The van der Waals surface area contributed by atoms with Gasteiger partial charge >= 0.3 is 0 Å². The van der Waals surface area contributed by atoms with Crippen LogP contribution in [0.3, 0.4) is 0 Å². The van der Waals surface area contributed by atoms with Crippen molar-refractivity contribution in [1.29, 1.82) is 0 Å². The number of rotatable bonds is 4. The second-order valence-electron chi connectivity index (χ2n) is 8.61. The smallest absolute Gasteiger partial charge is 0.239 e. The number of aryl methyl sites for hydroxylation is 2. The Hall–Kier alpha value is -0.820. The summed E-state index contributed by atoms with van der Waals surface area (Å²) in [5, 5.41) is 6.99. The number of amides is 1. The highest BCUT2D eigenvalue weighted by atomic mass is 35.5. The third-order valence-electron chi connectivity index (χ3n) is 6.95. The van der Waals surface area contributed by atoms with Gasteiger partial charge in [-0.2, -0.15) is 0 Å². The van der Waals surface area contributed by atoms with Gasteiger partial charge in [0.25, 0.3) is 0 Å². The molecule has 1 spiro atoms. The van der Waals surface area contributed by atoms with Gasteiger partial charge < -0.3 is 20.1 Å². The summed E-state index contributed by atoms with van der Waals surface area (Å²) in [7, 11) is 0. The molecule has 0 radical (unpaired) electrons. The molecule has 4 heterocycles. The lowest BCUT2D eigenvalue weighted by Crippen LogP contribution is -2.47. The summed E-state index contributed by atoms with van der Waals surface area (Å²) < 4.78 is 2.23. The van der Waals surface area contributed by atoms with E-state index in [0.29, 0.717) is 11.3 Å². The summed E-state index contributed by atoms with van der Waals surface area (Å²) in [5.41, 5.74) is 0.368. The van der Waals surface area contributed by atoms with Gasteiger partial charge in [-0.1, -0.05) is 0 Å². The molecule has 1 aromatic heterocycles. The van der Waals surface area contributed by atoms with E-state index < -0.39 is 0 Å². The van der Waals surface area contributed by atoms with Crippen LogP contribution in [-0.4, -0.2) is 59.1 Å². The van der Waals surface area contributed by atoms with Crippen molar-refractivity contribution < 1.29 is 4.79 Å². The van der Waals surface area contributed by atoms with Crippen molar-refractivity contribution in [1.82, 2.24) is 25.1 Å². The maximum atomic E-state index is 13.0. The van der Waals surface area contributed by atoms with Gasteiger partial charge in [-0.15, -0.1) is 24.8 Å². The Labute approximate surface area is 181 Å². The van der Waals surface area contributed by atoms with Crippen LogP contribution in [0.25, 0.3) is 0 Å². The van der Waals surface area contributed by atoms with E-state index in [0.717, 1.165) is 70.3 Å². The van der Waals surface area contributed by atoms with E-state index in [1.54, 1.807) is 0 Å². The fourth-order valence-electron chi connectivity index (χ4n) is 5.05. The van der Waals surface area contributed by atoms with Crippen molar-refractivity contribution in [2.24, 2.45) is 11.3 Å². The van der Waals surface area contributed by atoms with E-state index in [4.69, 9.17) is 0 Å². The molecule has 3 aliphatic heterocycles. The SMILES string of the molecule is Cc1nccn1CCC1CCN(C(=O)C2CC3(CCNCC3)CN2)CC1.Cl.Cl. The van der Waals surface area contributed by atoms with E-state index >= 15 is 0 Å². The van der Waals surface area contributed by atoms with Gasteiger partial charge in [0.1, 0.15) is 5.82 Å². The molecular weight excluding hydrogens is 397 g/mol. The number of likely N-dealkylation sites (tertiary alicyclic amines) is 1. The molecule has 8 heteroatoms. The van der Waals surface area contributed by atoms with Gasteiger partial charge in [0.15, 0.2) is 0 Å². The van der Waals surface area contributed by atoms with Crippen molar-refractivity contribution >= 4 is 30.7 Å². The summed E-state index contributed by atoms with van der Waals surface area (Å²) in [4.78, 5) is 19.4. The third kappa shape index (κ3) is 5.21. The number of piperidine rings is 2. The van der Waals surface area contributed by atoms with Gasteiger partial charge in [-0.25, -0.2) is 4.98 Å². The highest BCUT2D eigenvalue weighted by Crippen LogP contribution is 2.38. The van der Waals surface area contributed by atoms with Crippen LogP contribution >= 0.6 is 24.8 Å². The van der Waals surface area contributed by atoms with E-state index in [-0.39, 0.29) is 30.9 Å². The number of halogens is 2. The maximum absolute atomic E-state index is 13.0. The fraction of sp³-hybridized carbons (Fsp3) is 0.800. The highest BCUT2D eigenvalue weighted by Gasteiger charge is 2.43. The first-order valence-electron chi connectivity index (χ1n) is 10.4.